The molecule has 10 atom stereocenters. The van der Waals surface area contributed by atoms with Crippen molar-refractivity contribution in [2.24, 2.45) is 0 Å². The number of nitrogens with zero attached hydrogens (tertiary/aromatic N) is 1. The number of hydrogen-bond acceptors (Lipinski definition) is 15. The minimum absolute atomic E-state index is 0.0423. The highest BCUT2D eigenvalue weighted by Crippen LogP contribution is 2.38. The molecule has 3 aliphatic heterocycles. The van der Waals surface area contributed by atoms with Gasteiger partial charge in [0.2, 0.25) is 5.91 Å². The number of ether oxygens (including phenoxy) is 9. The lowest BCUT2D eigenvalue weighted by atomic mass is 9.93. The normalized spacial score (nSPS) is 27.4. The third kappa shape index (κ3) is 10.4. The van der Waals surface area contributed by atoms with Gasteiger partial charge in [-0.3, -0.25) is 33.7 Å². The molecule has 0 spiro atoms. The number of carbonyl (C=O) groups is 6. The summed E-state index contributed by atoms with van der Waals surface area (Å²) < 4.78 is 55.2. The minimum Gasteiger partial charge on any atom is -0.463 e. The van der Waals surface area contributed by atoms with Gasteiger partial charge in [-0.05, 0) is 23.3 Å². The molecule has 2 saturated heterocycles. The number of hydrogen-bond donors (Lipinski definition) is 1. The molecule has 3 amide bonds. The van der Waals surface area contributed by atoms with Gasteiger partial charge >= 0.3 is 17.9 Å². The van der Waals surface area contributed by atoms with Crippen molar-refractivity contribution >= 4 is 35.6 Å². The Hall–Kier alpha value is -5.56. The predicted octanol–water partition coefficient (Wildman–Crippen LogP) is 2.87. The van der Waals surface area contributed by atoms with E-state index in [-0.39, 0.29) is 30.9 Å². The SMILES string of the molecule is CO[C@@H]1O[C@H](COCc2ccccc2)[C@@H](O[C@@H]2O[C@H](COC(C)=O)[C@H](OC(C)=O)[C@H](OC(C)=O)[C@H]2NC(C)=O)[C@H](OCc2ccccc2)[C@H]1N1C(=O)c2ccccc2C1=O. The first-order chi connectivity index (χ1) is 28.9. The molecule has 3 aromatic carbocycles. The topological polar surface area (TPSA) is 201 Å². The van der Waals surface area contributed by atoms with Crippen LogP contribution >= 0.6 is 0 Å². The van der Waals surface area contributed by atoms with Crippen molar-refractivity contribution in [1.82, 2.24) is 10.2 Å². The summed E-state index contributed by atoms with van der Waals surface area (Å²) in [5.74, 6) is -4.12. The van der Waals surface area contributed by atoms with Gasteiger partial charge in [-0.25, -0.2) is 0 Å². The van der Waals surface area contributed by atoms with Crippen LogP contribution in [0.2, 0.25) is 0 Å². The van der Waals surface area contributed by atoms with Gasteiger partial charge in [-0.15, -0.1) is 0 Å². The van der Waals surface area contributed by atoms with Crippen molar-refractivity contribution in [2.45, 2.75) is 102 Å². The smallest absolute Gasteiger partial charge is 0.303 e. The van der Waals surface area contributed by atoms with Gasteiger partial charge in [0.1, 0.15) is 43.1 Å². The van der Waals surface area contributed by atoms with Crippen LogP contribution in [0, 0.1) is 0 Å². The van der Waals surface area contributed by atoms with E-state index in [1.165, 1.54) is 21.0 Å². The van der Waals surface area contributed by atoms with Gasteiger partial charge in [0, 0.05) is 34.8 Å². The summed E-state index contributed by atoms with van der Waals surface area (Å²) in [6, 6.07) is 22.2. The molecule has 3 aliphatic rings. The Bertz CT molecular complexity index is 1960. The molecule has 60 heavy (non-hydrogen) atoms. The Morgan fingerprint density at radius 2 is 1.17 bits per heavy atom. The average Bonchev–Trinajstić information content (AvgIpc) is 3.47. The first kappa shape index (κ1) is 44.0. The molecule has 0 unspecified atom stereocenters. The van der Waals surface area contributed by atoms with Gasteiger partial charge < -0.3 is 47.9 Å². The summed E-state index contributed by atoms with van der Waals surface area (Å²) >= 11 is 0. The van der Waals surface area contributed by atoms with Gasteiger partial charge in [0.15, 0.2) is 24.8 Å². The van der Waals surface area contributed by atoms with Gasteiger partial charge in [-0.2, -0.15) is 0 Å². The van der Waals surface area contributed by atoms with E-state index in [2.05, 4.69) is 5.32 Å². The third-order valence-electron chi connectivity index (χ3n) is 10.0. The van der Waals surface area contributed by atoms with Crippen LogP contribution in [-0.2, 0) is 75.0 Å². The van der Waals surface area contributed by atoms with Crippen molar-refractivity contribution in [2.75, 3.05) is 20.3 Å². The molecule has 6 rings (SSSR count). The molecule has 2 fully saturated rings. The second-order valence-corrected chi connectivity index (χ2v) is 14.4. The Morgan fingerprint density at radius 1 is 0.633 bits per heavy atom. The van der Waals surface area contributed by atoms with E-state index in [1.807, 2.05) is 60.7 Å². The molecule has 17 nitrogen and oxygen atoms in total. The van der Waals surface area contributed by atoms with Gasteiger partial charge in [0.05, 0.1) is 30.9 Å². The third-order valence-corrected chi connectivity index (χ3v) is 10.0. The van der Waals surface area contributed by atoms with Crippen molar-refractivity contribution in [3.05, 3.63) is 107 Å². The number of amides is 3. The highest BCUT2D eigenvalue weighted by atomic mass is 16.7. The summed E-state index contributed by atoms with van der Waals surface area (Å²) in [4.78, 5) is 79.3. The van der Waals surface area contributed by atoms with Crippen LogP contribution < -0.4 is 5.32 Å². The first-order valence-corrected chi connectivity index (χ1v) is 19.3. The van der Waals surface area contributed by atoms with Crippen molar-refractivity contribution in [3.63, 3.8) is 0 Å². The van der Waals surface area contributed by atoms with Crippen LogP contribution in [0.15, 0.2) is 84.9 Å². The molecule has 3 heterocycles. The standard InChI is InChI=1S/C43H48N2O15/c1-24(46)44-34-38(57-27(4)49)36(56-26(3)48)33(23-54-25(2)47)58-42(34)60-37-32(22-53-20-28-14-8-6-9-15-28)59-43(52-5)35(39(37)55-21-29-16-10-7-11-17-29)45-40(50)30-18-12-13-19-31(30)41(45)51/h6-19,32-39,42-43H,20-23H2,1-5H3,(H,44,46)/t32-,33-,34-,35-,36+,37-,38-,39-,42+,43-/m1/s1. The number of methoxy groups -OCH3 is 1. The van der Waals surface area contributed by atoms with Gasteiger partial charge in [0.25, 0.3) is 11.8 Å². The molecular weight excluding hydrogens is 784 g/mol. The predicted molar refractivity (Wildman–Crippen MR) is 206 cm³/mol. The monoisotopic (exact) mass is 832 g/mol. The van der Waals surface area contributed by atoms with E-state index < -0.39 is 104 Å². The fraction of sp³-hybridized carbons (Fsp3) is 0.442. The summed E-state index contributed by atoms with van der Waals surface area (Å²) in [6.45, 7) is 4.11. The maximum Gasteiger partial charge on any atom is 0.303 e. The zero-order valence-electron chi connectivity index (χ0n) is 33.8. The minimum atomic E-state index is -1.58. The lowest BCUT2D eigenvalue weighted by Crippen LogP contribution is -2.70. The zero-order valence-corrected chi connectivity index (χ0v) is 33.8. The van der Waals surface area contributed by atoms with Crippen molar-refractivity contribution in [1.29, 1.82) is 0 Å². The zero-order chi connectivity index (χ0) is 42.9. The van der Waals surface area contributed by atoms with E-state index >= 15 is 0 Å². The second-order valence-electron chi connectivity index (χ2n) is 14.4. The summed E-state index contributed by atoms with van der Waals surface area (Å²) in [7, 11) is 1.36. The Morgan fingerprint density at radius 3 is 1.72 bits per heavy atom. The summed E-state index contributed by atoms with van der Waals surface area (Å²) in [5.41, 5.74) is 1.92. The quantitative estimate of drug-likeness (QED) is 0.125. The van der Waals surface area contributed by atoms with Crippen molar-refractivity contribution < 1.29 is 71.4 Å². The summed E-state index contributed by atoms with van der Waals surface area (Å²) in [5, 5.41) is 2.71. The van der Waals surface area contributed by atoms with Crippen LogP contribution in [0.5, 0.6) is 0 Å². The van der Waals surface area contributed by atoms with Gasteiger partial charge in [-0.1, -0.05) is 72.8 Å². The number of esters is 3. The fourth-order valence-corrected chi connectivity index (χ4v) is 7.52. The maximum atomic E-state index is 14.2. The van der Waals surface area contributed by atoms with E-state index in [0.717, 1.165) is 29.9 Å². The molecule has 17 heteroatoms. The van der Waals surface area contributed by atoms with Crippen LogP contribution in [0.25, 0.3) is 0 Å². The summed E-state index contributed by atoms with van der Waals surface area (Å²) in [6.07, 6.45) is -10.7. The Balaban J connectivity index is 1.46. The lowest BCUT2D eigenvalue weighted by molar-refractivity contribution is -0.340. The Labute approximate surface area is 346 Å². The number of carbonyl (C=O) groups excluding carboxylic acids is 6. The molecule has 1 N–H and O–H groups in total. The molecule has 320 valence electrons. The van der Waals surface area contributed by atoms with Crippen LogP contribution in [0.3, 0.4) is 0 Å². The van der Waals surface area contributed by atoms with E-state index in [9.17, 15) is 28.8 Å². The second kappa shape index (κ2) is 20.1. The van der Waals surface area contributed by atoms with Crippen LogP contribution in [0.1, 0.15) is 59.5 Å². The highest BCUT2D eigenvalue weighted by molar-refractivity contribution is 6.21. The Kier molecular flexibility index (Phi) is 14.8. The number of fused-ring (bicyclic) bond motifs is 1. The molecular formula is C43H48N2O15. The number of nitrogens with one attached hydrogen (secondary N) is 1. The van der Waals surface area contributed by atoms with Crippen LogP contribution in [-0.4, -0.2) is 122 Å². The molecule has 0 radical (unpaired) electrons. The number of rotatable bonds is 16. The van der Waals surface area contributed by atoms with E-state index in [1.54, 1.807) is 24.3 Å². The largest absolute Gasteiger partial charge is 0.463 e. The number of imide groups is 1. The first-order valence-electron chi connectivity index (χ1n) is 19.3. The molecule has 0 aliphatic carbocycles. The van der Waals surface area contributed by atoms with E-state index in [0.29, 0.717) is 0 Å². The molecule has 0 aromatic heterocycles. The fourth-order valence-electron chi connectivity index (χ4n) is 7.52. The average molecular weight is 833 g/mol. The van der Waals surface area contributed by atoms with Crippen LogP contribution in [0.4, 0.5) is 0 Å². The molecule has 0 bridgehead atoms. The maximum absolute atomic E-state index is 14.2. The van der Waals surface area contributed by atoms with E-state index in [4.69, 9.17) is 42.6 Å². The molecule has 3 aromatic rings. The molecule has 0 saturated carbocycles. The van der Waals surface area contributed by atoms with Crippen molar-refractivity contribution in [3.8, 4) is 0 Å². The number of benzene rings is 3. The lowest BCUT2D eigenvalue weighted by Gasteiger charge is -2.51. The highest BCUT2D eigenvalue weighted by Gasteiger charge is 2.58.